The normalized spacial score (nSPS) is 19.5. The van der Waals surface area contributed by atoms with Crippen molar-refractivity contribution in [2.24, 2.45) is 0 Å². The molecule has 2 aliphatic rings. The lowest BCUT2D eigenvalue weighted by Crippen LogP contribution is -2.39. The molecule has 1 spiro atoms. The van der Waals surface area contributed by atoms with Crippen LogP contribution < -0.4 is 4.90 Å². The van der Waals surface area contributed by atoms with Gasteiger partial charge in [0.1, 0.15) is 5.76 Å². The van der Waals surface area contributed by atoms with E-state index in [9.17, 15) is 4.79 Å². The zero-order valence-electron chi connectivity index (χ0n) is 16.5. The van der Waals surface area contributed by atoms with Crippen molar-refractivity contribution < 1.29 is 14.1 Å². The summed E-state index contributed by atoms with van der Waals surface area (Å²) in [6, 6.07) is 13.9. The molecule has 1 unspecified atom stereocenters. The van der Waals surface area contributed by atoms with Crippen LogP contribution in [0.5, 0.6) is 0 Å². The number of rotatable bonds is 2. The van der Waals surface area contributed by atoms with Gasteiger partial charge < -0.3 is 9.26 Å². The first-order chi connectivity index (χ1) is 14.6. The Labute approximate surface area is 172 Å². The standard InChI is InChI=1S/C23H18N4O3/c1-13-21(14(2)30-26-13)15-7-8-20-19(9-15)23(18-6-4-3-5-16(18)12-29-23)22(28)27(20)17-10-24-25-11-17/h3-11H,12H2,1-2H3,(H,24,25). The van der Waals surface area contributed by atoms with Gasteiger partial charge in [-0.2, -0.15) is 5.10 Å². The summed E-state index contributed by atoms with van der Waals surface area (Å²) in [6.07, 6.45) is 3.35. The number of hydrogen-bond acceptors (Lipinski definition) is 5. The van der Waals surface area contributed by atoms with Gasteiger partial charge in [-0.05, 0) is 37.1 Å². The van der Waals surface area contributed by atoms with Gasteiger partial charge in [0.15, 0.2) is 5.60 Å². The Morgan fingerprint density at radius 3 is 2.77 bits per heavy atom. The van der Waals surface area contributed by atoms with Crippen molar-refractivity contribution in [2.45, 2.75) is 26.1 Å². The van der Waals surface area contributed by atoms with E-state index in [1.807, 2.05) is 56.3 Å². The number of aromatic nitrogens is 3. The van der Waals surface area contributed by atoms with E-state index in [0.717, 1.165) is 45.0 Å². The van der Waals surface area contributed by atoms with Gasteiger partial charge in [-0.3, -0.25) is 14.8 Å². The highest BCUT2D eigenvalue weighted by Crippen LogP contribution is 2.54. The van der Waals surface area contributed by atoms with Crippen molar-refractivity contribution in [3.05, 3.63) is 83.0 Å². The van der Waals surface area contributed by atoms with Crippen LogP contribution in [-0.4, -0.2) is 21.3 Å². The summed E-state index contributed by atoms with van der Waals surface area (Å²) in [7, 11) is 0. The Balaban J connectivity index is 1.64. The fraction of sp³-hybridized carbons (Fsp3) is 0.174. The zero-order valence-corrected chi connectivity index (χ0v) is 16.5. The van der Waals surface area contributed by atoms with E-state index >= 15 is 0 Å². The molecular formula is C23H18N4O3. The maximum absolute atomic E-state index is 13.9. The van der Waals surface area contributed by atoms with Crippen LogP contribution in [0.3, 0.4) is 0 Å². The lowest BCUT2D eigenvalue weighted by atomic mass is 9.85. The van der Waals surface area contributed by atoms with E-state index < -0.39 is 5.60 Å². The molecule has 0 radical (unpaired) electrons. The highest BCUT2D eigenvalue weighted by Gasteiger charge is 2.57. The number of fused-ring (bicyclic) bond motifs is 4. The minimum absolute atomic E-state index is 0.139. The molecule has 4 heterocycles. The molecule has 0 aliphatic carbocycles. The smallest absolute Gasteiger partial charge is 0.273 e. The van der Waals surface area contributed by atoms with E-state index in [1.165, 1.54) is 0 Å². The number of aryl methyl sites for hydroxylation is 2. The lowest BCUT2D eigenvalue weighted by Gasteiger charge is -2.24. The molecule has 2 aromatic heterocycles. The Kier molecular flexibility index (Phi) is 3.38. The Morgan fingerprint density at radius 2 is 2.00 bits per heavy atom. The van der Waals surface area contributed by atoms with Gasteiger partial charge in [-0.25, -0.2) is 0 Å². The van der Waals surface area contributed by atoms with Crippen molar-refractivity contribution in [2.75, 3.05) is 4.90 Å². The third-order valence-electron chi connectivity index (χ3n) is 6.03. The Hall–Kier alpha value is -3.71. The van der Waals surface area contributed by atoms with Gasteiger partial charge in [0, 0.05) is 22.9 Å². The Bertz CT molecular complexity index is 1290. The number of nitrogens with zero attached hydrogens (tertiary/aromatic N) is 3. The number of amides is 1. The van der Waals surface area contributed by atoms with E-state index in [2.05, 4.69) is 15.4 Å². The highest BCUT2D eigenvalue weighted by atomic mass is 16.5. The molecular weight excluding hydrogens is 380 g/mol. The molecule has 2 aromatic carbocycles. The second-order valence-electron chi connectivity index (χ2n) is 7.66. The molecule has 7 nitrogen and oxygen atoms in total. The summed E-state index contributed by atoms with van der Waals surface area (Å²) in [4.78, 5) is 15.6. The number of benzene rings is 2. The number of carbonyl (C=O) groups excluding carboxylic acids is 1. The average Bonchev–Trinajstić information content (AvgIpc) is 3.52. The van der Waals surface area contributed by atoms with Crippen molar-refractivity contribution in [1.82, 2.24) is 15.4 Å². The van der Waals surface area contributed by atoms with Crippen LogP contribution in [-0.2, 0) is 21.7 Å². The van der Waals surface area contributed by atoms with Crippen molar-refractivity contribution in [1.29, 1.82) is 0 Å². The maximum Gasteiger partial charge on any atom is 0.273 e. The fourth-order valence-electron chi connectivity index (χ4n) is 4.72. The van der Waals surface area contributed by atoms with E-state index in [4.69, 9.17) is 9.26 Å². The third kappa shape index (κ3) is 2.04. The average molecular weight is 398 g/mol. The maximum atomic E-state index is 13.9. The molecule has 2 aliphatic heterocycles. The molecule has 7 heteroatoms. The second-order valence-corrected chi connectivity index (χ2v) is 7.66. The van der Waals surface area contributed by atoms with Gasteiger partial charge >= 0.3 is 0 Å². The van der Waals surface area contributed by atoms with Crippen LogP contribution >= 0.6 is 0 Å². The van der Waals surface area contributed by atoms with Crippen LogP contribution in [0.4, 0.5) is 11.4 Å². The molecule has 0 bridgehead atoms. The summed E-state index contributed by atoms with van der Waals surface area (Å²) in [5, 5.41) is 10.9. The van der Waals surface area contributed by atoms with Gasteiger partial charge in [-0.1, -0.05) is 35.5 Å². The minimum atomic E-state index is -1.18. The zero-order chi connectivity index (χ0) is 20.5. The number of anilines is 2. The summed E-state index contributed by atoms with van der Waals surface area (Å²) >= 11 is 0. The molecule has 0 saturated heterocycles. The lowest BCUT2D eigenvalue weighted by molar-refractivity contribution is -0.136. The van der Waals surface area contributed by atoms with Gasteiger partial charge in [0.25, 0.3) is 5.91 Å². The molecule has 30 heavy (non-hydrogen) atoms. The number of ether oxygens (including phenoxy) is 1. The van der Waals surface area contributed by atoms with Crippen molar-refractivity contribution in [3.8, 4) is 11.1 Å². The van der Waals surface area contributed by atoms with E-state index in [-0.39, 0.29) is 5.91 Å². The molecule has 6 rings (SSSR count). The molecule has 1 N–H and O–H groups in total. The third-order valence-corrected chi connectivity index (χ3v) is 6.03. The fourth-order valence-corrected chi connectivity index (χ4v) is 4.72. The van der Waals surface area contributed by atoms with Crippen LogP contribution in [0, 0.1) is 13.8 Å². The summed E-state index contributed by atoms with van der Waals surface area (Å²) in [5.41, 5.74) is 5.70. The van der Waals surface area contributed by atoms with Crippen molar-refractivity contribution in [3.63, 3.8) is 0 Å². The molecule has 1 amide bonds. The number of carbonyl (C=O) groups is 1. The molecule has 0 fully saturated rings. The topological polar surface area (TPSA) is 84.2 Å². The van der Waals surface area contributed by atoms with Gasteiger partial charge in [-0.15, -0.1) is 0 Å². The first kappa shape index (κ1) is 17.2. The molecule has 4 aromatic rings. The molecule has 1 atom stereocenters. The first-order valence-corrected chi connectivity index (χ1v) is 9.74. The van der Waals surface area contributed by atoms with Gasteiger partial charge in [0.05, 0.1) is 29.9 Å². The van der Waals surface area contributed by atoms with Crippen LogP contribution in [0.1, 0.15) is 28.1 Å². The monoisotopic (exact) mass is 398 g/mol. The molecule has 0 saturated carbocycles. The predicted octanol–water partition coefficient (Wildman–Crippen LogP) is 4.13. The van der Waals surface area contributed by atoms with E-state index in [0.29, 0.717) is 12.3 Å². The number of H-pyrrole nitrogens is 1. The van der Waals surface area contributed by atoms with E-state index in [1.54, 1.807) is 17.3 Å². The predicted molar refractivity (Wildman–Crippen MR) is 109 cm³/mol. The number of aromatic amines is 1. The largest absolute Gasteiger partial charge is 0.361 e. The second kappa shape index (κ2) is 5.90. The summed E-state index contributed by atoms with van der Waals surface area (Å²) in [6.45, 7) is 4.19. The SMILES string of the molecule is Cc1noc(C)c1-c1ccc2c(c1)C1(OCc3ccccc31)C(=O)N2c1cn[nH]c1. The molecule has 148 valence electrons. The number of hydrogen-bond donors (Lipinski definition) is 1. The minimum Gasteiger partial charge on any atom is -0.361 e. The highest BCUT2D eigenvalue weighted by molar-refractivity contribution is 6.14. The van der Waals surface area contributed by atoms with Crippen molar-refractivity contribution >= 4 is 17.3 Å². The Morgan fingerprint density at radius 1 is 1.13 bits per heavy atom. The summed E-state index contributed by atoms with van der Waals surface area (Å²) in [5.74, 6) is 0.602. The quantitative estimate of drug-likeness (QED) is 0.549. The number of nitrogens with one attached hydrogen (secondary N) is 1. The van der Waals surface area contributed by atoms with Crippen LogP contribution in [0.15, 0.2) is 59.4 Å². The first-order valence-electron chi connectivity index (χ1n) is 9.74. The summed E-state index contributed by atoms with van der Waals surface area (Å²) < 4.78 is 11.7. The van der Waals surface area contributed by atoms with Gasteiger partial charge in [0.2, 0.25) is 0 Å². The van der Waals surface area contributed by atoms with Crippen LogP contribution in [0.25, 0.3) is 11.1 Å². The van der Waals surface area contributed by atoms with Crippen LogP contribution in [0.2, 0.25) is 0 Å².